The number of rotatable bonds is 3. The molecule has 0 atom stereocenters. The van der Waals surface area contributed by atoms with Gasteiger partial charge in [-0.05, 0) is 12.1 Å². The Kier molecular flexibility index (Phi) is 3.56. The van der Waals surface area contributed by atoms with E-state index in [1.165, 1.54) is 11.5 Å². The molecule has 0 spiro atoms. The summed E-state index contributed by atoms with van der Waals surface area (Å²) in [5.41, 5.74) is 1.97. The second-order valence-electron chi connectivity index (χ2n) is 4.25. The molecular formula is C12H15N5S. The molecule has 0 amide bonds. The highest BCUT2D eigenvalue weighted by atomic mass is 32.2. The molecule has 3 rings (SSSR count). The zero-order chi connectivity index (χ0) is 12.2. The molecule has 1 aliphatic heterocycles. The Morgan fingerprint density at radius 2 is 2.17 bits per heavy atom. The highest BCUT2D eigenvalue weighted by molar-refractivity contribution is 7.99. The van der Waals surface area contributed by atoms with E-state index in [4.69, 9.17) is 0 Å². The summed E-state index contributed by atoms with van der Waals surface area (Å²) in [4.78, 5) is 6.51. The van der Waals surface area contributed by atoms with Crippen LogP contribution in [0.4, 0.5) is 0 Å². The second-order valence-corrected chi connectivity index (χ2v) is 5.48. The molecule has 3 heterocycles. The van der Waals surface area contributed by atoms with Crippen LogP contribution < -0.4 is 0 Å². The summed E-state index contributed by atoms with van der Waals surface area (Å²) in [5, 5.41) is 8.37. The van der Waals surface area contributed by atoms with E-state index in [-0.39, 0.29) is 0 Å². The third kappa shape index (κ3) is 2.70. The van der Waals surface area contributed by atoms with Crippen LogP contribution in [0.3, 0.4) is 0 Å². The van der Waals surface area contributed by atoms with E-state index in [0.29, 0.717) is 0 Å². The van der Waals surface area contributed by atoms with E-state index >= 15 is 0 Å². The normalized spacial score (nSPS) is 16.9. The van der Waals surface area contributed by atoms with E-state index < -0.39 is 0 Å². The fourth-order valence-corrected chi connectivity index (χ4v) is 2.95. The van der Waals surface area contributed by atoms with Gasteiger partial charge in [-0.1, -0.05) is 5.21 Å². The van der Waals surface area contributed by atoms with Gasteiger partial charge in [-0.2, -0.15) is 11.8 Å². The van der Waals surface area contributed by atoms with Crippen molar-refractivity contribution in [1.82, 2.24) is 24.9 Å². The Morgan fingerprint density at radius 3 is 2.94 bits per heavy atom. The van der Waals surface area contributed by atoms with Crippen molar-refractivity contribution in [3.63, 3.8) is 0 Å². The molecule has 0 unspecified atom stereocenters. The molecule has 0 bridgehead atoms. The van der Waals surface area contributed by atoms with Crippen LogP contribution in [0.15, 0.2) is 30.7 Å². The minimum absolute atomic E-state index is 0.890. The van der Waals surface area contributed by atoms with Crippen LogP contribution in [0.25, 0.3) is 5.69 Å². The largest absolute Gasteiger partial charge is 0.296 e. The fraction of sp³-hybridized carbons (Fsp3) is 0.417. The summed E-state index contributed by atoms with van der Waals surface area (Å²) in [6.45, 7) is 3.18. The lowest BCUT2D eigenvalue weighted by Gasteiger charge is -2.24. The van der Waals surface area contributed by atoms with Gasteiger partial charge >= 0.3 is 0 Å². The highest BCUT2D eigenvalue weighted by Crippen LogP contribution is 2.12. The summed E-state index contributed by atoms with van der Waals surface area (Å²) in [7, 11) is 0. The molecule has 2 aromatic heterocycles. The van der Waals surface area contributed by atoms with Gasteiger partial charge in [-0.25, -0.2) is 4.68 Å². The van der Waals surface area contributed by atoms with E-state index in [1.807, 2.05) is 30.1 Å². The zero-order valence-electron chi connectivity index (χ0n) is 10.1. The molecule has 1 fully saturated rings. The van der Waals surface area contributed by atoms with Gasteiger partial charge < -0.3 is 0 Å². The van der Waals surface area contributed by atoms with Gasteiger partial charge in [0.05, 0.1) is 23.8 Å². The van der Waals surface area contributed by atoms with E-state index in [1.54, 1.807) is 17.1 Å². The first-order valence-corrected chi connectivity index (χ1v) is 7.19. The summed E-state index contributed by atoms with van der Waals surface area (Å²) >= 11 is 2.02. The molecule has 0 radical (unpaired) electrons. The van der Waals surface area contributed by atoms with Gasteiger partial charge in [0.1, 0.15) is 0 Å². The van der Waals surface area contributed by atoms with Crippen molar-refractivity contribution in [2.24, 2.45) is 0 Å². The number of thioether (sulfide) groups is 1. The smallest absolute Gasteiger partial charge is 0.0971 e. The first-order chi connectivity index (χ1) is 8.92. The lowest BCUT2D eigenvalue weighted by atomic mass is 10.4. The summed E-state index contributed by atoms with van der Waals surface area (Å²) in [6, 6.07) is 3.88. The van der Waals surface area contributed by atoms with Crippen molar-refractivity contribution in [1.29, 1.82) is 0 Å². The predicted octanol–water partition coefficient (Wildman–Crippen LogP) is 1.21. The zero-order valence-corrected chi connectivity index (χ0v) is 10.9. The highest BCUT2D eigenvalue weighted by Gasteiger charge is 2.12. The van der Waals surface area contributed by atoms with Crippen LogP contribution in [0.5, 0.6) is 0 Å². The fourth-order valence-electron chi connectivity index (χ4n) is 1.97. The Labute approximate surface area is 110 Å². The van der Waals surface area contributed by atoms with Crippen molar-refractivity contribution in [3.05, 3.63) is 36.4 Å². The lowest BCUT2D eigenvalue weighted by molar-refractivity contribution is 0.291. The molecule has 0 aliphatic carbocycles. The summed E-state index contributed by atoms with van der Waals surface area (Å²) in [6.07, 6.45) is 5.53. The lowest BCUT2D eigenvalue weighted by Crippen LogP contribution is -2.32. The average Bonchev–Trinajstić information content (AvgIpc) is 2.89. The third-order valence-corrected chi connectivity index (χ3v) is 3.88. The second kappa shape index (κ2) is 5.49. The Bertz CT molecular complexity index is 492. The maximum absolute atomic E-state index is 4.22. The summed E-state index contributed by atoms with van der Waals surface area (Å²) < 4.78 is 1.78. The number of pyridine rings is 1. The number of nitrogens with zero attached hydrogens (tertiary/aromatic N) is 5. The molecular weight excluding hydrogens is 246 g/mol. The molecule has 0 aromatic carbocycles. The van der Waals surface area contributed by atoms with Gasteiger partial charge in [0.2, 0.25) is 0 Å². The third-order valence-electron chi connectivity index (χ3n) is 2.94. The summed E-state index contributed by atoms with van der Waals surface area (Å²) in [5.74, 6) is 2.44. The van der Waals surface area contributed by atoms with Crippen molar-refractivity contribution < 1.29 is 0 Å². The van der Waals surface area contributed by atoms with Crippen LogP contribution >= 0.6 is 11.8 Å². The van der Waals surface area contributed by atoms with Crippen molar-refractivity contribution in [2.75, 3.05) is 24.6 Å². The van der Waals surface area contributed by atoms with E-state index in [9.17, 15) is 0 Å². The monoisotopic (exact) mass is 261 g/mol. The molecule has 1 aliphatic rings. The molecule has 1 saturated heterocycles. The standard InChI is InChI=1S/C12H15N5S/c1-2-12(8-13-3-1)17-10-11(14-15-17)9-16-4-6-18-7-5-16/h1-3,8,10H,4-7,9H2. The number of hydrogen-bond acceptors (Lipinski definition) is 5. The van der Waals surface area contributed by atoms with Gasteiger partial charge in [0.15, 0.2) is 0 Å². The van der Waals surface area contributed by atoms with E-state index in [0.717, 1.165) is 31.0 Å². The Morgan fingerprint density at radius 1 is 1.28 bits per heavy atom. The number of aromatic nitrogens is 4. The molecule has 0 N–H and O–H groups in total. The molecule has 5 nitrogen and oxygen atoms in total. The Hall–Kier alpha value is -1.40. The van der Waals surface area contributed by atoms with Crippen LogP contribution in [-0.2, 0) is 6.54 Å². The molecule has 2 aromatic rings. The molecule has 94 valence electrons. The van der Waals surface area contributed by atoms with Gasteiger partial charge in [0, 0.05) is 37.3 Å². The van der Waals surface area contributed by atoms with Crippen LogP contribution in [-0.4, -0.2) is 49.5 Å². The van der Waals surface area contributed by atoms with Gasteiger partial charge in [-0.15, -0.1) is 5.10 Å². The van der Waals surface area contributed by atoms with Gasteiger partial charge in [0.25, 0.3) is 0 Å². The first kappa shape index (κ1) is 11.7. The van der Waals surface area contributed by atoms with Crippen molar-refractivity contribution >= 4 is 11.8 Å². The molecule has 0 saturated carbocycles. The topological polar surface area (TPSA) is 46.8 Å². The van der Waals surface area contributed by atoms with Crippen LogP contribution in [0, 0.1) is 0 Å². The van der Waals surface area contributed by atoms with Crippen LogP contribution in [0.2, 0.25) is 0 Å². The SMILES string of the molecule is c1cncc(-n2cc(CN3CCSCC3)nn2)c1. The average molecular weight is 261 g/mol. The van der Waals surface area contributed by atoms with Crippen molar-refractivity contribution in [3.8, 4) is 5.69 Å². The quantitative estimate of drug-likeness (QED) is 0.831. The van der Waals surface area contributed by atoms with E-state index in [2.05, 4.69) is 20.2 Å². The molecule has 6 heteroatoms. The predicted molar refractivity (Wildman–Crippen MR) is 71.8 cm³/mol. The Balaban J connectivity index is 1.69. The maximum atomic E-state index is 4.22. The van der Waals surface area contributed by atoms with Gasteiger partial charge in [-0.3, -0.25) is 9.88 Å². The number of hydrogen-bond donors (Lipinski definition) is 0. The van der Waals surface area contributed by atoms with Crippen LogP contribution in [0.1, 0.15) is 5.69 Å². The molecule has 18 heavy (non-hydrogen) atoms. The first-order valence-electron chi connectivity index (χ1n) is 6.03. The minimum Gasteiger partial charge on any atom is -0.296 e. The van der Waals surface area contributed by atoms with Crippen molar-refractivity contribution in [2.45, 2.75) is 6.54 Å². The minimum atomic E-state index is 0.890. The maximum Gasteiger partial charge on any atom is 0.0971 e.